The van der Waals surface area contributed by atoms with Gasteiger partial charge in [-0.05, 0) is 49.5 Å². The second-order valence-corrected chi connectivity index (χ2v) is 7.64. The van der Waals surface area contributed by atoms with Crippen molar-refractivity contribution in [2.24, 2.45) is 0 Å². The molecule has 1 aromatic carbocycles. The third-order valence-corrected chi connectivity index (χ3v) is 5.51. The molecular formula is C23H25N3O4. The molecule has 1 aliphatic heterocycles. The van der Waals surface area contributed by atoms with Crippen LogP contribution in [-0.2, 0) is 17.8 Å². The van der Waals surface area contributed by atoms with E-state index in [1.807, 2.05) is 55.4 Å². The zero-order valence-corrected chi connectivity index (χ0v) is 17.1. The van der Waals surface area contributed by atoms with Crippen molar-refractivity contribution in [3.05, 3.63) is 83.7 Å². The maximum atomic E-state index is 13.2. The summed E-state index contributed by atoms with van der Waals surface area (Å²) in [5.74, 6) is 0.527. The number of likely N-dealkylation sites (N-methyl/N-ethyl adjacent to an activating group) is 1. The Morgan fingerprint density at radius 2 is 1.80 bits per heavy atom. The first kappa shape index (κ1) is 20.0. The molecule has 4 rings (SSSR count). The van der Waals surface area contributed by atoms with Crippen molar-refractivity contribution in [1.82, 2.24) is 15.1 Å². The summed E-state index contributed by atoms with van der Waals surface area (Å²) in [5.41, 5.74) is 2.12. The number of amides is 2. The van der Waals surface area contributed by atoms with Gasteiger partial charge in [0.2, 0.25) is 5.91 Å². The highest BCUT2D eigenvalue weighted by Crippen LogP contribution is 2.26. The Kier molecular flexibility index (Phi) is 5.72. The van der Waals surface area contributed by atoms with Crippen LogP contribution >= 0.6 is 0 Å². The van der Waals surface area contributed by atoms with E-state index in [0.717, 1.165) is 16.9 Å². The quantitative estimate of drug-likeness (QED) is 0.680. The standard InChI is InChI=1S/C23H25N3O4/c1-25(2)19(20-9-5-11-29-20)14-24-22(27)18-13-16-7-3-4-8-17(16)15-26(18)23(28)21-10-6-12-30-21/h3-12,18-19H,13-15H2,1-2H3,(H,24,27). The maximum absolute atomic E-state index is 13.2. The molecule has 2 atom stereocenters. The average Bonchev–Trinajstić information content (AvgIpc) is 3.46. The van der Waals surface area contributed by atoms with E-state index in [9.17, 15) is 9.59 Å². The van der Waals surface area contributed by atoms with Crippen LogP contribution in [0.5, 0.6) is 0 Å². The van der Waals surface area contributed by atoms with Crippen molar-refractivity contribution in [2.45, 2.75) is 25.0 Å². The minimum absolute atomic E-state index is 0.103. The normalized spacial score (nSPS) is 16.9. The Morgan fingerprint density at radius 1 is 1.07 bits per heavy atom. The maximum Gasteiger partial charge on any atom is 0.290 e. The van der Waals surface area contributed by atoms with Crippen molar-refractivity contribution >= 4 is 11.8 Å². The molecule has 1 aliphatic rings. The minimum atomic E-state index is -0.614. The van der Waals surface area contributed by atoms with Crippen LogP contribution in [0.2, 0.25) is 0 Å². The average molecular weight is 407 g/mol. The molecule has 30 heavy (non-hydrogen) atoms. The number of benzene rings is 1. The van der Waals surface area contributed by atoms with E-state index in [1.165, 1.54) is 6.26 Å². The van der Waals surface area contributed by atoms with E-state index in [4.69, 9.17) is 8.83 Å². The third kappa shape index (κ3) is 4.02. The monoisotopic (exact) mass is 407 g/mol. The lowest BCUT2D eigenvalue weighted by atomic mass is 9.93. The van der Waals surface area contributed by atoms with E-state index in [0.29, 0.717) is 19.5 Å². The van der Waals surface area contributed by atoms with Crippen molar-refractivity contribution in [3.8, 4) is 0 Å². The lowest BCUT2D eigenvalue weighted by Crippen LogP contribution is -2.53. The summed E-state index contributed by atoms with van der Waals surface area (Å²) in [6.07, 6.45) is 3.54. The summed E-state index contributed by atoms with van der Waals surface area (Å²) in [5, 5.41) is 3.02. The molecule has 7 nitrogen and oxygen atoms in total. The van der Waals surface area contributed by atoms with Gasteiger partial charge in [-0.3, -0.25) is 14.5 Å². The summed E-state index contributed by atoms with van der Waals surface area (Å²) < 4.78 is 10.8. The lowest BCUT2D eigenvalue weighted by Gasteiger charge is -2.36. The van der Waals surface area contributed by atoms with Gasteiger partial charge in [-0.1, -0.05) is 24.3 Å². The number of hydrogen-bond donors (Lipinski definition) is 1. The number of nitrogens with zero attached hydrogens (tertiary/aromatic N) is 2. The van der Waals surface area contributed by atoms with E-state index in [-0.39, 0.29) is 23.6 Å². The van der Waals surface area contributed by atoms with Gasteiger partial charge in [0, 0.05) is 19.5 Å². The Labute approximate surface area is 175 Å². The fourth-order valence-electron chi connectivity index (χ4n) is 3.85. The van der Waals surface area contributed by atoms with E-state index >= 15 is 0 Å². The molecule has 2 amide bonds. The molecule has 0 radical (unpaired) electrons. The minimum Gasteiger partial charge on any atom is -0.468 e. The van der Waals surface area contributed by atoms with Crippen LogP contribution in [0, 0.1) is 0 Å². The van der Waals surface area contributed by atoms with Gasteiger partial charge in [-0.15, -0.1) is 0 Å². The van der Waals surface area contributed by atoms with Crippen molar-refractivity contribution in [1.29, 1.82) is 0 Å². The number of hydrogen-bond acceptors (Lipinski definition) is 5. The van der Waals surface area contributed by atoms with Crippen molar-refractivity contribution < 1.29 is 18.4 Å². The third-order valence-electron chi connectivity index (χ3n) is 5.51. The summed E-state index contributed by atoms with van der Waals surface area (Å²) >= 11 is 0. The molecule has 1 N–H and O–H groups in total. The van der Waals surface area contributed by atoms with Crippen LogP contribution in [0.3, 0.4) is 0 Å². The Morgan fingerprint density at radius 3 is 2.47 bits per heavy atom. The predicted octanol–water partition coefficient (Wildman–Crippen LogP) is 2.86. The summed E-state index contributed by atoms with van der Waals surface area (Å²) in [6.45, 7) is 0.739. The first-order valence-electron chi connectivity index (χ1n) is 9.93. The highest BCUT2D eigenvalue weighted by Gasteiger charge is 2.36. The summed E-state index contributed by atoms with van der Waals surface area (Å²) in [7, 11) is 3.87. The van der Waals surface area contributed by atoms with Gasteiger partial charge in [-0.25, -0.2) is 0 Å². The Hall–Kier alpha value is -3.32. The van der Waals surface area contributed by atoms with E-state index < -0.39 is 6.04 Å². The molecule has 0 aliphatic carbocycles. The first-order chi connectivity index (χ1) is 14.5. The zero-order valence-electron chi connectivity index (χ0n) is 17.1. The van der Waals surface area contributed by atoms with Crippen LogP contribution < -0.4 is 5.32 Å². The number of carbonyl (C=O) groups is 2. The fraction of sp³-hybridized carbons (Fsp3) is 0.304. The molecule has 2 unspecified atom stereocenters. The molecule has 0 fully saturated rings. The SMILES string of the molecule is CN(C)C(CNC(=O)C1Cc2ccccc2CN1C(=O)c1ccco1)c1ccco1. The summed E-state index contributed by atoms with van der Waals surface area (Å²) in [6, 6.07) is 14.2. The van der Waals surface area contributed by atoms with Crippen LogP contribution in [0.15, 0.2) is 69.9 Å². The number of fused-ring (bicyclic) bond motifs is 1. The topological polar surface area (TPSA) is 78.9 Å². The van der Waals surface area contributed by atoms with Gasteiger partial charge >= 0.3 is 0 Å². The van der Waals surface area contributed by atoms with E-state index in [1.54, 1.807) is 23.3 Å². The van der Waals surface area contributed by atoms with Crippen LogP contribution in [-0.4, -0.2) is 48.3 Å². The molecule has 3 heterocycles. The van der Waals surface area contributed by atoms with Crippen LogP contribution in [0.1, 0.15) is 33.5 Å². The highest BCUT2D eigenvalue weighted by atomic mass is 16.3. The van der Waals surface area contributed by atoms with Crippen LogP contribution in [0.25, 0.3) is 0 Å². The number of rotatable bonds is 6. The van der Waals surface area contributed by atoms with Crippen molar-refractivity contribution in [3.63, 3.8) is 0 Å². The summed E-state index contributed by atoms with van der Waals surface area (Å²) in [4.78, 5) is 29.8. The van der Waals surface area contributed by atoms with Crippen molar-refractivity contribution in [2.75, 3.05) is 20.6 Å². The largest absolute Gasteiger partial charge is 0.468 e. The van der Waals surface area contributed by atoms with Gasteiger partial charge in [-0.2, -0.15) is 0 Å². The molecule has 0 bridgehead atoms. The van der Waals surface area contributed by atoms with Crippen LogP contribution in [0.4, 0.5) is 0 Å². The highest BCUT2D eigenvalue weighted by molar-refractivity contribution is 5.96. The fourth-order valence-corrected chi connectivity index (χ4v) is 3.85. The van der Waals surface area contributed by atoms with E-state index in [2.05, 4.69) is 5.32 Å². The molecule has 0 spiro atoms. The number of nitrogens with one attached hydrogen (secondary N) is 1. The predicted molar refractivity (Wildman–Crippen MR) is 111 cm³/mol. The Balaban J connectivity index is 1.54. The van der Waals surface area contributed by atoms with Gasteiger partial charge in [0.15, 0.2) is 5.76 Å². The van der Waals surface area contributed by atoms with Gasteiger partial charge < -0.3 is 19.1 Å². The zero-order chi connectivity index (χ0) is 21.1. The van der Waals surface area contributed by atoms with Gasteiger partial charge in [0.1, 0.15) is 11.8 Å². The lowest BCUT2D eigenvalue weighted by molar-refractivity contribution is -0.126. The molecule has 0 saturated carbocycles. The smallest absolute Gasteiger partial charge is 0.290 e. The molecule has 7 heteroatoms. The number of carbonyl (C=O) groups excluding carboxylic acids is 2. The number of furan rings is 2. The second kappa shape index (κ2) is 8.59. The van der Waals surface area contributed by atoms with Gasteiger partial charge in [0.05, 0.1) is 18.6 Å². The molecular weight excluding hydrogens is 382 g/mol. The van der Waals surface area contributed by atoms with Gasteiger partial charge in [0.25, 0.3) is 5.91 Å². The molecule has 0 saturated heterocycles. The molecule has 2 aromatic heterocycles. The molecule has 3 aromatic rings. The Bertz CT molecular complexity index is 995. The first-order valence-corrected chi connectivity index (χ1v) is 9.93. The molecule has 156 valence electrons. The second-order valence-electron chi connectivity index (χ2n) is 7.64.